The van der Waals surface area contributed by atoms with E-state index in [1.165, 1.54) is 11.2 Å². The molecule has 2 heterocycles. The third kappa shape index (κ3) is 4.01. The number of morpholine rings is 1. The summed E-state index contributed by atoms with van der Waals surface area (Å²) in [5, 5.41) is 46.1. The van der Waals surface area contributed by atoms with Gasteiger partial charge in [-0.1, -0.05) is 0 Å². The van der Waals surface area contributed by atoms with Crippen LogP contribution in [-0.4, -0.2) is 99.7 Å². The van der Waals surface area contributed by atoms with Crippen molar-refractivity contribution in [1.29, 1.82) is 0 Å². The Balaban J connectivity index is 1.55. The average Bonchev–Trinajstić information content (AvgIpc) is 3.47. The Morgan fingerprint density at radius 1 is 1.19 bits per heavy atom. The van der Waals surface area contributed by atoms with Crippen molar-refractivity contribution in [2.45, 2.75) is 31.0 Å². The number of aromatic hydroxyl groups is 1. The molecule has 1 aromatic heterocycles. The normalized spacial score (nSPS) is 28.1. The highest BCUT2D eigenvalue weighted by Crippen LogP contribution is 2.54. The number of aliphatic hydroxyl groups is 3. The summed E-state index contributed by atoms with van der Waals surface area (Å²) < 4.78 is 10.8. The number of likely N-dealkylation sites (N-methyl/N-ethyl adjacent to an activating group) is 1. The van der Waals surface area contributed by atoms with Crippen LogP contribution in [0.3, 0.4) is 0 Å². The Kier molecular flexibility index (Phi) is 6.76. The first kappa shape index (κ1) is 28.2. The van der Waals surface area contributed by atoms with Crippen LogP contribution in [0, 0.1) is 11.8 Å². The van der Waals surface area contributed by atoms with E-state index in [0.29, 0.717) is 49.5 Å². The van der Waals surface area contributed by atoms with E-state index in [2.05, 4.69) is 4.90 Å². The van der Waals surface area contributed by atoms with Gasteiger partial charge in [-0.05, 0) is 56.1 Å². The molecule has 12 nitrogen and oxygen atoms in total. The first-order chi connectivity index (χ1) is 20.0. The quantitative estimate of drug-likeness (QED) is 0.319. The summed E-state index contributed by atoms with van der Waals surface area (Å²) in [7, 11) is 3.14. The summed E-state index contributed by atoms with van der Waals surface area (Å²) in [6.07, 6.45) is 3.29. The molecule has 2 fully saturated rings. The Bertz CT molecular complexity index is 1550. The first-order valence-corrected chi connectivity index (χ1v) is 13.8. The maximum Gasteiger partial charge on any atom is 0.255 e. The third-order valence-electron chi connectivity index (χ3n) is 9.13. The number of benzene rings is 1. The van der Waals surface area contributed by atoms with Crippen LogP contribution in [0.5, 0.6) is 5.75 Å². The van der Waals surface area contributed by atoms with E-state index >= 15 is 0 Å². The van der Waals surface area contributed by atoms with Gasteiger partial charge in [0.1, 0.15) is 22.8 Å². The van der Waals surface area contributed by atoms with Crippen LogP contribution in [0.2, 0.25) is 0 Å². The predicted molar refractivity (Wildman–Crippen MR) is 148 cm³/mol. The standard InChI is InChI=1S/C30H33N3O9/c1-32(2)23-19-11-15-9-18-17(14-3-6-42-13-14)10-16(12-33-4-7-41-8-5-33)24(34)21(18)25(35)20(15)27(37)30(19,40)28(38)22(26(23)36)29(31)39/h3,6,10,13,15,19,23,34-35,38,40H,4-5,7-9,11-12H2,1-2H3,(H2,31,39)/t15-,19+,23-,30-/m1/s1. The largest absolute Gasteiger partial charge is 0.508 e. The van der Waals surface area contributed by atoms with E-state index in [1.807, 2.05) is 6.07 Å². The second-order valence-electron chi connectivity index (χ2n) is 11.6. The molecule has 1 aliphatic heterocycles. The second kappa shape index (κ2) is 10.1. The van der Waals surface area contributed by atoms with Crippen LogP contribution in [0.1, 0.15) is 23.1 Å². The van der Waals surface area contributed by atoms with Crippen LogP contribution in [-0.2, 0) is 32.1 Å². The number of carbonyl (C=O) groups is 3. The number of primary amides is 1. The van der Waals surface area contributed by atoms with Crippen molar-refractivity contribution in [3.05, 3.63) is 58.3 Å². The van der Waals surface area contributed by atoms with Crippen LogP contribution >= 0.6 is 0 Å². The fourth-order valence-corrected chi connectivity index (χ4v) is 7.16. The second-order valence-corrected chi connectivity index (χ2v) is 11.6. The minimum atomic E-state index is -2.68. The molecule has 1 saturated carbocycles. The van der Waals surface area contributed by atoms with Crippen molar-refractivity contribution < 1.29 is 44.0 Å². The highest BCUT2D eigenvalue weighted by molar-refractivity contribution is 6.24. The lowest BCUT2D eigenvalue weighted by molar-refractivity contribution is -0.153. The number of amides is 1. The number of Topliss-reactive ketones (excluding diaryl/α,β-unsaturated/α-hetero) is 2. The number of fused-ring (bicyclic) bond motifs is 3. The third-order valence-corrected chi connectivity index (χ3v) is 9.13. The Labute approximate surface area is 241 Å². The van der Waals surface area contributed by atoms with Gasteiger partial charge < -0.3 is 35.3 Å². The smallest absolute Gasteiger partial charge is 0.255 e. The maximum atomic E-state index is 14.2. The van der Waals surface area contributed by atoms with E-state index < -0.39 is 58.0 Å². The summed E-state index contributed by atoms with van der Waals surface area (Å²) >= 11 is 0. The Hall–Kier alpha value is -3.97. The summed E-state index contributed by atoms with van der Waals surface area (Å²) in [5.74, 6) is -6.72. The van der Waals surface area contributed by atoms with Gasteiger partial charge in [0.2, 0.25) is 5.78 Å². The molecular formula is C30H33N3O9. The number of phenols is 1. The van der Waals surface area contributed by atoms with Crippen molar-refractivity contribution in [1.82, 2.24) is 9.80 Å². The molecule has 0 radical (unpaired) electrons. The zero-order valence-electron chi connectivity index (χ0n) is 23.3. The molecule has 6 N–H and O–H groups in total. The molecule has 4 aliphatic rings. The van der Waals surface area contributed by atoms with Gasteiger partial charge in [-0.15, -0.1) is 0 Å². The number of phenolic OH excluding ortho intramolecular Hbond substituents is 1. The molecule has 2 aromatic rings. The van der Waals surface area contributed by atoms with Gasteiger partial charge in [0.25, 0.3) is 5.91 Å². The number of nitrogens with two attached hydrogens (primary N) is 1. The number of carbonyl (C=O) groups excluding carboxylic acids is 3. The fourth-order valence-electron chi connectivity index (χ4n) is 7.16. The molecule has 222 valence electrons. The van der Waals surface area contributed by atoms with Crippen LogP contribution in [0.4, 0.5) is 0 Å². The van der Waals surface area contributed by atoms with Gasteiger partial charge >= 0.3 is 0 Å². The van der Waals surface area contributed by atoms with Crippen LogP contribution < -0.4 is 5.73 Å². The topological polar surface area (TPSA) is 187 Å². The molecule has 0 bridgehead atoms. The lowest BCUT2D eigenvalue weighted by atomic mass is 9.57. The number of furan rings is 1. The zero-order chi connectivity index (χ0) is 30.1. The zero-order valence-corrected chi connectivity index (χ0v) is 23.3. The number of ketones is 2. The van der Waals surface area contributed by atoms with Crippen molar-refractivity contribution in [2.24, 2.45) is 17.6 Å². The molecule has 4 atom stereocenters. The van der Waals surface area contributed by atoms with Gasteiger partial charge in [-0.2, -0.15) is 0 Å². The lowest BCUT2D eigenvalue weighted by Crippen LogP contribution is -2.65. The van der Waals surface area contributed by atoms with Gasteiger partial charge in [-0.3, -0.25) is 24.2 Å². The Morgan fingerprint density at radius 2 is 1.90 bits per heavy atom. The molecule has 3 aliphatic carbocycles. The van der Waals surface area contributed by atoms with E-state index in [-0.39, 0.29) is 29.7 Å². The number of hydrogen-bond donors (Lipinski definition) is 5. The summed E-state index contributed by atoms with van der Waals surface area (Å²) in [6, 6.07) is 2.48. The monoisotopic (exact) mass is 579 g/mol. The van der Waals surface area contributed by atoms with Crippen molar-refractivity contribution in [3.63, 3.8) is 0 Å². The average molecular weight is 580 g/mol. The van der Waals surface area contributed by atoms with Crippen molar-refractivity contribution >= 4 is 23.2 Å². The summed E-state index contributed by atoms with van der Waals surface area (Å²) in [5.41, 5.74) is 4.30. The number of hydrogen-bond acceptors (Lipinski definition) is 11. The molecule has 1 amide bonds. The molecule has 1 aromatic carbocycles. The lowest BCUT2D eigenvalue weighted by Gasteiger charge is -2.50. The molecule has 12 heteroatoms. The van der Waals surface area contributed by atoms with Crippen LogP contribution in [0.25, 0.3) is 16.9 Å². The van der Waals surface area contributed by atoms with Crippen molar-refractivity contribution in [2.75, 3.05) is 40.4 Å². The minimum Gasteiger partial charge on any atom is -0.508 e. The highest BCUT2D eigenvalue weighted by Gasteiger charge is 2.64. The number of nitrogens with zero attached hydrogens (tertiary/aromatic N) is 2. The Morgan fingerprint density at radius 3 is 2.52 bits per heavy atom. The highest BCUT2D eigenvalue weighted by atomic mass is 16.5. The fraction of sp³-hybridized carbons (Fsp3) is 0.433. The maximum absolute atomic E-state index is 14.2. The molecule has 0 unspecified atom stereocenters. The number of rotatable bonds is 5. The van der Waals surface area contributed by atoms with Gasteiger partial charge in [0.15, 0.2) is 11.4 Å². The van der Waals surface area contributed by atoms with Crippen LogP contribution in [0.15, 0.2) is 46.0 Å². The van der Waals surface area contributed by atoms with E-state index in [9.17, 15) is 34.8 Å². The summed E-state index contributed by atoms with van der Waals surface area (Å²) in [4.78, 5) is 43.2. The van der Waals surface area contributed by atoms with E-state index in [4.69, 9.17) is 14.9 Å². The van der Waals surface area contributed by atoms with E-state index in [1.54, 1.807) is 26.4 Å². The number of ether oxygens (including phenoxy) is 1. The molecule has 6 rings (SSSR count). The SMILES string of the molecule is CN(C)[C@H]1C(=O)C(C(N)=O)=C(O)[C@]2(O)C(=O)C3=C(O)c4c(O)c(CN5CCOCC5)cc(-c5ccoc5)c4C[C@@H]3C[C@@H]12. The first-order valence-electron chi connectivity index (χ1n) is 13.8. The predicted octanol–water partition coefficient (Wildman–Crippen LogP) is 1.06. The van der Waals surface area contributed by atoms with E-state index in [0.717, 1.165) is 5.56 Å². The molecular weight excluding hydrogens is 546 g/mol. The summed E-state index contributed by atoms with van der Waals surface area (Å²) in [6.45, 7) is 2.76. The number of aliphatic hydroxyl groups excluding tert-OH is 2. The van der Waals surface area contributed by atoms with Gasteiger partial charge in [0.05, 0.1) is 37.3 Å². The van der Waals surface area contributed by atoms with Crippen molar-refractivity contribution in [3.8, 4) is 16.9 Å². The molecule has 1 saturated heterocycles. The van der Waals surface area contributed by atoms with Gasteiger partial charge in [-0.25, -0.2) is 0 Å². The molecule has 42 heavy (non-hydrogen) atoms. The minimum absolute atomic E-state index is 0.0207. The van der Waals surface area contributed by atoms with Gasteiger partial charge in [0, 0.05) is 42.3 Å². The molecule has 0 spiro atoms.